The lowest BCUT2D eigenvalue weighted by molar-refractivity contribution is 0.278. The van der Waals surface area contributed by atoms with Crippen molar-refractivity contribution in [2.24, 2.45) is 10.7 Å². The first-order chi connectivity index (χ1) is 16.6. The highest BCUT2D eigenvalue weighted by atomic mass is 32.2. The summed E-state index contributed by atoms with van der Waals surface area (Å²) in [6.07, 6.45) is 8.17. The van der Waals surface area contributed by atoms with Crippen molar-refractivity contribution in [3.63, 3.8) is 0 Å². The average Bonchev–Trinajstić information content (AvgIpc) is 2.80. The number of aromatic nitrogens is 2. The summed E-state index contributed by atoms with van der Waals surface area (Å²) in [6.45, 7) is 5.07. The van der Waals surface area contributed by atoms with E-state index in [0.717, 1.165) is 17.8 Å². The van der Waals surface area contributed by atoms with Crippen molar-refractivity contribution in [3.8, 4) is 24.2 Å². The number of anilines is 2. The Balaban J connectivity index is 1.73. The van der Waals surface area contributed by atoms with Crippen LogP contribution in [0.1, 0.15) is 32.8 Å². The van der Waals surface area contributed by atoms with Gasteiger partial charge in [0, 0.05) is 35.3 Å². The maximum Gasteiger partial charge on any atom is 0.164 e. The first-order valence-electron chi connectivity index (χ1n) is 10.7. The van der Waals surface area contributed by atoms with Crippen LogP contribution in [0.4, 0.5) is 20.3 Å². The van der Waals surface area contributed by atoms with Crippen molar-refractivity contribution in [2.75, 3.05) is 5.32 Å². The third-order valence-electron chi connectivity index (χ3n) is 5.60. The highest BCUT2D eigenvalue weighted by molar-refractivity contribution is 8.15. The Hall–Kier alpha value is -3.89. The van der Waals surface area contributed by atoms with Crippen LogP contribution in [0, 0.1) is 35.3 Å². The number of fused-ring (bicyclic) bond motifs is 1. The number of nitrogens with one attached hydrogen (secondary N) is 1. The summed E-state index contributed by atoms with van der Waals surface area (Å²) in [5, 5.41) is 13.5. The predicted molar refractivity (Wildman–Crippen MR) is 133 cm³/mol. The fourth-order valence-corrected chi connectivity index (χ4v) is 5.18. The molecular formula is C25H22F2N6OS. The molecule has 178 valence electrons. The van der Waals surface area contributed by atoms with Crippen LogP contribution in [0.15, 0.2) is 41.7 Å². The molecule has 0 saturated heterocycles. The number of benzene rings is 1. The third kappa shape index (κ3) is 4.84. The predicted octanol–water partition coefficient (Wildman–Crippen LogP) is 5.00. The van der Waals surface area contributed by atoms with Crippen LogP contribution in [0.25, 0.3) is 10.9 Å². The number of aliphatic imine (C=N–C) groups is 1. The molecule has 1 aromatic carbocycles. The van der Waals surface area contributed by atoms with Crippen LogP contribution in [0.5, 0.6) is 5.75 Å². The Bertz CT molecular complexity index is 1430. The van der Waals surface area contributed by atoms with Crippen molar-refractivity contribution >= 4 is 39.3 Å². The second-order valence-corrected chi connectivity index (χ2v) is 10.1. The summed E-state index contributed by atoms with van der Waals surface area (Å²) in [6, 6.07) is 8.19. The van der Waals surface area contributed by atoms with Crippen molar-refractivity contribution in [1.29, 1.82) is 5.26 Å². The van der Waals surface area contributed by atoms with Gasteiger partial charge in [0.25, 0.3) is 0 Å². The van der Waals surface area contributed by atoms with Crippen LogP contribution < -0.4 is 15.8 Å². The summed E-state index contributed by atoms with van der Waals surface area (Å²) < 4.78 is 34.4. The second kappa shape index (κ2) is 9.05. The monoisotopic (exact) mass is 492 g/mol. The molecule has 0 fully saturated rings. The molecule has 7 nitrogen and oxygen atoms in total. The Morgan fingerprint density at radius 3 is 2.77 bits per heavy atom. The molecule has 35 heavy (non-hydrogen) atoms. The molecule has 0 bridgehead atoms. The molecule has 0 spiro atoms. The molecule has 3 N–H and O–H groups in total. The van der Waals surface area contributed by atoms with Crippen molar-refractivity contribution in [1.82, 2.24) is 9.97 Å². The van der Waals surface area contributed by atoms with Gasteiger partial charge in [0.05, 0.1) is 17.8 Å². The largest absolute Gasteiger partial charge is 0.476 e. The summed E-state index contributed by atoms with van der Waals surface area (Å²) in [4.78, 5) is 13.1. The normalized spacial score (nSPS) is 22.5. The van der Waals surface area contributed by atoms with Crippen molar-refractivity contribution in [3.05, 3.63) is 53.9 Å². The van der Waals surface area contributed by atoms with Gasteiger partial charge in [0.2, 0.25) is 0 Å². The van der Waals surface area contributed by atoms with Crippen LogP contribution in [-0.2, 0) is 5.54 Å². The number of nitriles is 1. The van der Waals surface area contributed by atoms with E-state index in [0.29, 0.717) is 22.5 Å². The van der Waals surface area contributed by atoms with Crippen LogP contribution in [0.2, 0.25) is 0 Å². The minimum absolute atomic E-state index is 0.0168. The number of rotatable bonds is 5. The van der Waals surface area contributed by atoms with E-state index in [1.165, 1.54) is 12.3 Å². The summed E-state index contributed by atoms with van der Waals surface area (Å²) in [5.74, 6) is 1.21. The molecule has 0 amide bonds. The van der Waals surface area contributed by atoms with Gasteiger partial charge < -0.3 is 15.8 Å². The zero-order valence-corrected chi connectivity index (χ0v) is 20.1. The van der Waals surface area contributed by atoms with Crippen LogP contribution in [0.3, 0.4) is 0 Å². The highest BCUT2D eigenvalue weighted by Crippen LogP contribution is 2.46. The van der Waals surface area contributed by atoms with Crippen molar-refractivity contribution in [2.45, 2.75) is 43.6 Å². The minimum Gasteiger partial charge on any atom is -0.476 e. The molecule has 1 aliphatic rings. The number of hydrogen-bond acceptors (Lipinski definition) is 8. The molecular weight excluding hydrogens is 470 g/mol. The molecule has 3 aromatic rings. The lowest BCUT2D eigenvalue weighted by atomic mass is 9.83. The van der Waals surface area contributed by atoms with Gasteiger partial charge in [-0.15, -0.1) is 6.42 Å². The molecule has 2 aromatic heterocycles. The third-order valence-corrected chi connectivity index (χ3v) is 6.58. The molecule has 3 atom stereocenters. The van der Waals surface area contributed by atoms with Crippen LogP contribution in [-0.4, -0.2) is 26.0 Å². The van der Waals surface area contributed by atoms with E-state index in [1.54, 1.807) is 39.1 Å². The van der Waals surface area contributed by atoms with Gasteiger partial charge in [0.15, 0.2) is 28.7 Å². The summed E-state index contributed by atoms with van der Waals surface area (Å²) in [5.41, 5.74) is 5.44. The smallest absolute Gasteiger partial charge is 0.164 e. The van der Waals surface area contributed by atoms with Gasteiger partial charge in [-0.3, -0.25) is 4.99 Å². The van der Waals surface area contributed by atoms with Crippen LogP contribution >= 0.6 is 11.8 Å². The van der Waals surface area contributed by atoms with E-state index in [9.17, 15) is 9.65 Å². The zero-order valence-electron chi connectivity index (χ0n) is 19.3. The molecule has 0 radical (unpaired) electrons. The Morgan fingerprint density at radius 1 is 1.29 bits per heavy atom. The van der Waals surface area contributed by atoms with Gasteiger partial charge in [0.1, 0.15) is 16.0 Å². The Labute approximate surface area is 205 Å². The van der Waals surface area contributed by atoms with E-state index in [2.05, 4.69) is 32.3 Å². The van der Waals surface area contributed by atoms with Gasteiger partial charge in [-0.1, -0.05) is 17.7 Å². The first kappa shape index (κ1) is 24.2. The molecule has 4 rings (SSSR count). The number of ether oxygens (including phenoxy) is 1. The van der Waals surface area contributed by atoms with E-state index in [1.807, 2.05) is 0 Å². The lowest BCUT2D eigenvalue weighted by Gasteiger charge is -2.37. The van der Waals surface area contributed by atoms with Gasteiger partial charge >= 0.3 is 0 Å². The maximum atomic E-state index is 15.0. The average molecular weight is 493 g/mol. The second-order valence-electron chi connectivity index (χ2n) is 8.62. The molecule has 0 aliphatic carbocycles. The zero-order chi connectivity index (χ0) is 25.4. The number of nitrogens with zero attached hydrogens (tertiary/aromatic N) is 4. The molecule has 3 heterocycles. The topological polar surface area (TPSA) is 109 Å². The number of amidine groups is 1. The highest BCUT2D eigenvalue weighted by Gasteiger charge is 2.44. The molecule has 0 saturated carbocycles. The summed E-state index contributed by atoms with van der Waals surface area (Å²) >= 11 is 1.11. The Kier molecular flexibility index (Phi) is 6.27. The first-order valence-corrected chi connectivity index (χ1v) is 11.5. The SMILES string of the molecule is C#C[C@H](C)Oc1cnc2c(Nc3cc(F)c(F)c([C@]4(C)C[C@](C)(C#N)SC(N)=N4)c3)nccc2c1. The standard InChI is InChI=1S/C25H22F2N6OS/c1-5-14(2)34-17-8-15-6-7-30-22(21(15)31-11-17)32-16-9-18(20(27)19(26)10-16)25(4)12-24(3,13-28)35-23(29)33-25/h1,6-11,14H,12H2,2-4H3,(H2,29,33)(H,30,32)/t14-,24+,25-/m0/s1. The Morgan fingerprint density at radius 2 is 2.06 bits per heavy atom. The van der Waals surface area contributed by atoms with Gasteiger partial charge in [-0.25, -0.2) is 18.7 Å². The van der Waals surface area contributed by atoms with Gasteiger partial charge in [-0.2, -0.15) is 5.26 Å². The number of terminal acetylenes is 1. The maximum absolute atomic E-state index is 15.0. The van der Waals surface area contributed by atoms with Gasteiger partial charge in [-0.05, 0) is 39.0 Å². The number of thioether (sulfide) groups is 1. The van der Waals surface area contributed by atoms with Crippen molar-refractivity contribution < 1.29 is 13.5 Å². The molecule has 10 heteroatoms. The minimum atomic E-state index is -1.24. The number of nitrogens with two attached hydrogens (primary N) is 1. The molecule has 0 unspecified atom stereocenters. The number of pyridine rings is 2. The van der Waals surface area contributed by atoms with E-state index in [-0.39, 0.29) is 22.8 Å². The van der Waals surface area contributed by atoms with E-state index in [4.69, 9.17) is 16.9 Å². The summed E-state index contributed by atoms with van der Waals surface area (Å²) in [7, 11) is 0. The quantitative estimate of drug-likeness (QED) is 0.482. The fraction of sp³-hybridized carbons (Fsp3) is 0.280. The van der Waals surface area contributed by atoms with E-state index >= 15 is 4.39 Å². The number of halogens is 2. The fourth-order valence-electron chi connectivity index (χ4n) is 4.07. The number of hydrogen-bond donors (Lipinski definition) is 2. The van der Waals surface area contributed by atoms with E-state index < -0.39 is 28.0 Å². The lowest BCUT2D eigenvalue weighted by Crippen LogP contribution is -2.39. The molecule has 1 aliphatic heterocycles.